The molecular weight excluding hydrogens is 252 g/mol. The molecule has 0 spiro atoms. The van der Waals surface area contributed by atoms with Gasteiger partial charge < -0.3 is 9.84 Å². The van der Waals surface area contributed by atoms with Gasteiger partial charge in [-0.05, 0) is 24.6 Å². The van der Waals surface area contributed by atoms with E-state index in [2.05, 4.69) is 0 Å². The summed E-state index contributed by atoms with van der Waals surface area (Å²) in [5.74, 6) is -0.426. The Hall–Kier alpha value is -1.36. The minimum Gasteiger partial charge on any atom is -0.497 e. The van der Waals surface area contributed by atoms with Crippen LogP contribution in [0.2, 0.25) is 0 Å². The van der Waals surface area contributed by atoms with Gasteiger partial charge in [-0.2, -0.15) is 0 Å². The molecule has 0 saturated heterocycles. The van der Waals surface area contributed by atoms with Crippen LogP contribution in [0.25, 0.3) is 0 Å². The zero-order chi connectivity index (χ0) is 13.5. The third kappa shape index (κ3) is 3.84. The maximum atomic E-state index is 12.2. The third-order valence-electron chi connectivity index (χ3n) is 2.63. The van der Waals surface area contributed by atoms with E-state index in [4.69, 9.17) is 9.84 Å². The third-order valence-corrected chi connectivity index (χ3v) is 4.30. The van der Waals surface area contributed by atoms with Crippen molar-refractivity contribution in [2.24, 2.45) is 0 Å². The van der Waals surface area contributed by atoms with Gasteiger partial charge in [0.15, 0.2) is 0 Å². The summed E-state index contributed by atoms with van der Waals surface area (Å²) in [6.45, 7) is 1.98. The SMILES string of the molecule is CCCCC(C(=O)O)S(=O)c1cccc(OC)c1. The van der Waals surface area contributed by atoms with Crippen LogP contribution in [-0.2, 0) is 15.6 Å². The number of rotatable bonds is 7. The number of ether oxygens (including phenoxy) is 1. The van der Waals surface area contributed by atoms with Gasteiger partial charge in [0.25, 0.3) is 0 Å². The van der Waals surface area contributed by atoms with Crippen LogP contribution in [0.4, 0.5) is 0 Å². The van der Waals surface area contributed by atoms with Crippen molar-refractivity contribution in [3.8, 4) is 5.75 Å². The van der Waals surface area contributed by atoms with Gasteiger partial charge in [-0.3, -0.25) is 9.00 Å². The molecule has 0 bridgehead atoms. The van der Waals surface area contributed by atoms with Crippen LogP contribution >= 0.6 is 0 Å². The first-order valence-electron chi connectivity index (χ1n) is 5.87. The normalized spacial score (nSPS) is 13.9. The highest BCUT2D eigenvalue weighted by atomic mass is 32.2. The molecule has 0 heterocycles. The van der Waals surface area contributed by atoms with Crippen molar-refractivity contribution in [3.63, 3.8) is 0 Å². The Morgan fingerprint density at radius 2 is 2.22 bits per heavy atom. The lowest BCUT2D eigenvalue weighted by molar-refractivity contribution is -0.136. The van der Waals surface area contributed by atoms with E-state index < -0.39 is 22.0 Å². The second-order valence-corrected chi connectivity index (χ2v) is 5.58. The molecule has 0 saturated carbocycles. The van der Waals surface area contributed by atoms with Gasteiger partial charge in [0.1, 0.15) is 11.0 Å². The van der Waals surface area contributed by atoms with E-state index in [-0.39, 0.29) is 0 Å². The zero-order valence-corrected chi connectivity index (χ0v) is 11.4. The number of aliphatic carboxylic acids is 1. The molecule has 1 aromatic rings. The molecule has 100 valence electrons. The largest absolute Gasteiger partial charge is 0.497 e. The van der Waals surface area contributed by atoms with E-state index in [0.29, 0.717) is 17.1 Å². The van der Waals surface area contributed by atoms with E-state index in [1.165, 1.54) is 7.11 Å². The number of carbonyl (C=O) groups is 1. The van der Waals surface area contributed by atoms with Crippen LogP contribution in [0, 0.1) is 0 Å². The summed E-state index contributed by atoms with van der Waals surface area (Å²) in [5, 5.41) is 8.28. The molecule has 2 unspecified atom stereocenters. The summed E-state index contributed by atoms with van der Waals surface area (Å²) in [6, 6.07) is 6.74. The smallest absolute Gasteiger partial charge is 0.319 e. The topological polar surface area (TPSA) is 63.6 Å². The quantitative estimate of drug-likeness (QED) is 0.826. The van der Waals surface area contributed by atoms with E-state index in [1.54, 1.807) is 24.3 Å². The van der Waals surface area contributed by atoms with Crippen LogP contribution in [0.1, 0.15) is 26.2 Å². The lowest BCUT2D eigenvalue weighted by atomic mass is 10.2. The van der Waals surface area contributed by atoms with Crippen molar-refractivity contribution < 1.29 is 18.8 Å². The van der Waals surface area contributed by atoms with Crippen LogP contribution in [0.15, 0.2) is 29.2 Å². The fraction of sp³-hybridized carbons (Fsp3) is 0.462. The van der Waals surface area contributed by atoms with Gasteiger partial charge in [-0.15, -0.1) is 0 Å². The molecule has 0 aliphatic carbocycles. The van der Waals surface area contributed by atoms with Crippen LogP contribution in [0.5, 0.6) is 5.75 Å². The van der Waals surface area contributed by atoms with Crippen LogP contribution in [0.3, 0.4) is 0 Å². The van der Waals surface area contributed by atoms with Crippen LogP contribution < -0.4 is 4.74 Å². The minimum atomic E-state index is -1.54. The van der Waals surface area contributed by atoms with Gasteiger partial charge >= 0.3 is 5.97 Å². The molecule has 2 atom stereocenters. The number of hydrogen-bond acceptors (Lipinski definition) is 3. The van der Waals surface area contributed by atoms with Gasteiger partial charge in [-0.1, -0.05) is 25.8 Å². The second kappa shape index (κ2) is 7.16. The van der Waals surface area contributed by atoms with Crippen molar-refractivity contribution in [2.45, 2.75) is 36.3 Å². The number of carboxylic acid groups (broad SMARTS) is 1. The van der Waals surface area contributed by atoms with Gasteiger partial charge in [0.05, 0.1) is 17.9 Å². The standard InChI is InChI=1S/C13H18O4S/c1-3-4-8-12(13(14)15)18(16)11-7-5-6-10(9-11)17-2/h5-7,9,12H,3-4,8H2,1-2H3,(H,14,15). The summed E-state index contributed by atoms with van der Waals surface area (Å²) < 4.78 is 17.3. The summed E-state index contributed by atoms with van der Waals surface area (Å²) in [6.07, 6.45) is 2.07. The highest BCUT2D eigenvalue weighted by molar-refractivity contribution is 7.86. The number of carboxylic acids is 1. The van der Waals surface area contributed by atoms with Gasteiger partial charge in [0.2, 0.25) is 0 Å². The van der Waals surface area contributed by atoms with Crippen molar-refractivity contribution >= 4 is 16.8 Å². The van der Waals surface area contributed by atoms with Crippen molar-refractivity contribution in [1.29, 1.82) is 0 Å². The van der Waals surface area contributed by atoms with E-state index in [9.17, 15) is 9.00 Å². The number of methoxy groups -OCH3 is 1. The molecular formula is C13H18O4S. The molecule has 0 amide bonds. The molecule has 1 rings (SSSR count). The number of benzene rings is 1. The Kier molecular flexibility index (Phi) is 5.85. The zero-order valence-electron chi connectivity index (χ0n) is 10.6. The van der Waals surface area contributed by atoms with Gasteiger partial charge in [-0.25, -0.2) is 0 Å². The van der Waals surface area contributed by atoms with E-state index >= 15 is 0 Å². The number of hydrogen-bond donors (Lipinski definition) is 1. The average molecular weight is 270 g/mol. The Balaban J connectivity index is 2.90. The lowest BCUT2D eigenvalue weighted by Crippen LogP contribution is -2.25. The molecule has 4 nitrogen and oxygen atoms in total. The first-order chi connectivity index (χ1) is 8.60. The lowest BCUT2D eigenvalue weighted by Gasteiger charge is -2.12. The maximum absolute atomic E-state index is 12.2. The van der Waals surface area contributed by atoms with E-state index in [1.807, 2.05) is 6.92 Å². The Morgan fingerprint density at radius 3 is 2.78 bits per heavy atom. The fourth-order valence-corrected chi connectivity index (χ4v) is 2.94. The fourth-order valence-electron chi connectivity index (χ4n) is 1.60. The molecule has 1 N–H and O–H groups in total. The highest BCUT2D eigenvalue weighted by Gasteiger charge is 2.25. The van der Waals surface area contributed by atoms with Crippen molar-refractivity contribution in [2.75, 3.05) is 7.11 Å². The van der Waals surface area contributed by atoms with Gasteiger partial charge in [0, 0.05) is 4.90 Å². The monoisotopic (exact) mass is 270 g/mol. The molecule has 0 fully saturated rings. The predicted molar refractivity (Wildman–Crippen MR) is 70.4 cm³/mol. The first kappa shape index (κ1) is 14.7. The average Bonchev–Trinajstić information content (AvgIpc) is 2.38. The van der Waals surface area contributed by atoms with Crippen LogP contribution in [-0.4, -0.2) is 27.6 Å². The molecule has 0 aromatic heterocycles. The summed E-state index contributed by atoms with van der Waals surface area (Å²) in [7, 11) is -0.0226. The predicted octanol–water partition coefficient (Wildman–Crippen LogP) is 2.45. The second-order valence-electron chi connectivity index (χ2n) is 3.95. The summed E-state index contributed by atoms with van der Waals surface area (Å²) in [4.78, 5) is 11.6. The van der Waals surface area contributed by atoms with Crippen molar-refractivity contribution in [1.82, 2.24) is 0 Å². The molecule has 0 aliphatic heterocycles. The molecule has 1 aromatic carbocycles. The first-order valence-corrected chi connectivity index (χ1v) is 7.08. The van der Waals surface area contributed by atoms with Crippen molar-refractivity contribution in [3.05, 3.63) is 24.3 Å². The highest BCUT2D eigenvalue weighted by Crippen LogP contribution is 2.20. The molecule has 0 aliphatic rings. The maximum Gasteiger partial charge on any atom is 0.319 e. The molecule has 0 radical (unpaired) electrons. The molecule has 18 heavy (non-hydrogen) atoms. The Labute approximate surface area is 109 Å². The Morgan fingerprint density at radius 1 is 1.50 bits per heavy atom. The number of unbranched alkanes of at least 4 members (excludes halogenated alkanes) is 1. The summed E-state index contributed by atoms with van der Waals surface area (Å²) >= 11 is 0. The van der Waals surface area contributed by atoms with E-state index in [0.717, 1.165) is 12.8 Å². The summed E-state index contributed by atoms with van der Waals surface area (Å²) in [5.41, 5.74) is 0. The Bertz CT molecular complexity index is 431. The minimum absolute atomic E-state index is 0.426. The molecule has 5 heteroatoms.